The maximum absolute atomic E-state index is 14.0. The number of aryl methyl sites for hydroxylation is 1. The summed E-state index contributed by atoms with van der Waals surface area (Å²) in [5.41, 5.74) is 1.85. The Morgan fingerprint density at radius 2 is 1.75 bits per heavy atom. The van der Waals surface area contributed by atoms with Gasteiger partial charge in [-0.2, -0.15) is 14.1 Å². The van der Waals surface area contributed by atoms with Crippen molar-refractivity contribution in [2.75, 3.05) is 38.2 Å². The highest BCUT2D eigenvalue weighted by atomic mass is 32.2. The quantitative estimate of drug-likeness (QED) is 0.428. The number of methoxy groups -OCH3 is 1. The molecule has 1 saturated heterocycles. The SMILES string of the molecule is COc1cccc2c1CC(Oc1c(N3CCN(S(=O)(=O)C(C)C)CC3)cnn(-c3cc(F)cc(F)c3)c1=O)CC2. The number of sulfonamides is 1. The summed E-state index contributed by atoms with van der Waals surface area (Å²) in [6.45, 7) is 4.42. The summed E-state index contributed by atoms with van der Waals surface area (Å²) in [5.74, 6) is -0.929. The third-order valence-electron chi connectivity index (χ3n) is 7.44. The van der Waals surface area contributed by atoms with E-state index in [-0.39, 0.29) is 30.6 Å². The van der Waals surface area contributed by atoms with E-state index in [0.29, 0.717) is 31.6 Å². The second-order valence-electron chi connectivity index (χ2n) is 10.3. The van der Waals surface area contributed by atoms with Crippen molar-refractivity contribution in [1.82, 2.24) is 14.1 Å². The standard InChI is InChI=1S/C28H32F2N4O5S/c1-18(2)40(36,37)33-11-9-32(10-12-33)25-17-31-34(22-14-20(29)13-21(30)15-22)28(35)27(25)39-23-8-7-19-5-4-6-26(38-3)24(19)16-23/h4-6,13-15,17-18,23H,7-12,16H2,1-3H3. The Balaban J connectivity index is 1.50. The van der Waals surface area contributed by atoms with E-state index in [4.69, 9.17) is 9.47 Å². The Morgan fingerprint density at radius 1 is 1.05 bits per heavy atom. The van der Waals surface area contributed by atoms with Crippen molar-refractivity contribution >= 4 is 15.7 Å². The van der Waals surface area contributed by atoms with Gasteiger partial charge in [-0.15, -0.1) is 0 Å². The first-order valence-electron chi connectivity index (χ1n) is 13.2. The molecule has 0 radical (unpaired) electrons. The van der Waals surface area contributed by atoms with Crippen LogP contribution in [0, 0.1) is 11.6 Å². The van der Waals surface area contributed by atoms with Crippen LogP contribution in [0.25, 0.3) is 5.69 Å². The molecule has 2 heterocycles. The predicted molar refractivity (Wildman–Crippen MR) is 147 cm³/mol. The summed E-state index contributed by atoms with van der Waals surface area (Å²) < 4.78 is 67.6. The topological polar surface area (TPSA) is 94.0 Å². The Bertz CT molecular complexity index is 1530. The summed E-state index contributed by atoms with van der Waals surface area (Å²) in [4.78, 5) is 15.6. The van der Waals surface area contributed by atoms with Crippen molar-refractivity contribution in [3.05, 3.63) is 75.7 Å². The summed E-state index contributed by atoms with van der Waals surface area (Å²) in [5, 5.41) is 3.68. The molecule has 0 saturated carbocycles. The number of rotatable bonds is 7. The third kappa shape index (κ3) is 5.42. The fourth-order valence-corrected chi connectivity index (χ4v) is 6.54. The number of benzene rings is 2. The summed E-state index contributed by atoms with van der Waals surface area (Å²) in [6.07, 6.45) is 2.96. The molecule has 0 amide bonds. The minimum absolute atomic E-state index is 0.00295. The van der Waals surface area contributed by atoms with Crippen LogP contribution < -0.4 is 19.9 Å². The lowest BCUT2D eigenvalue weighted by Gasteiger charge is -2.37. The van der Waals surface area contributed by atoms with Gasteiger partial charge in [-0.3, -0.25) is 4.79 Å². The molecule has 1 atom stereocenters. The first-order chi connectivity index (χ1) is 19.1. The largest absolute Gasteiger partial charge is 0.496 e. The van der Waals surface area contributed by atoms with Gasteiger partial charge in [-0.25, -0.2) is 17.2 Å². The van der Waals surface area contributed by atoms with E-state index in [2.05, 4.69) is 5.10 Å². The molecule has 0 N–H and O–H groups in total. The summed E-state index contributed by atoms with van der Waals surface area (Å²) >= 11 is 0. The van der Waals surface area contributed by atoms with Crippen molar-refractivity contribution in [3.63, 3.8) is 0 Å². The number of nitrogens with zero attached hydrogens (tertiary/aromatic N) is 4. The highest BCUT2D eigenvalue weighted by Gasteiger charge is 2.32. The van der Waals surface area contributed by atoms with E-state index >= 15 is 0 Å². The van der Waals surface area contributed by atoms with Gasteiger partial charge in [-0.05, 0) is 50.5 Å². The van der Waals surface area contributed by atoms with Gasteiger partial charge >= 0.3 is 5.56 Å². The molecule has 3 aromatic rings. The van der Waals surface area contributed by atoms with E-state index in [1.54, 1.807) is 21.0 Å². The summed E-state index contributed by atoms with van der Waals surface area (Å²) in [7, 11) is -1.81. The average molecular weight is 575 g/mol. The average Bonchev–Trinajstić information content (AvgIpc) is 2.93. The zero-order chi connectivity index (χ0) is 28.6. The van der Waals surface area contributed by atoms with Gasteiger partial charge < -0.3 is 14.4 Å². The van der Waals surface area contributed by atoms with Crippen LogP contribution in [0.3, 0.4) is 0 Å². The third-order valence-corrected chi connectivity index (χ3v) is 9.72. The number of piperazine rings is 1. The monoisotopic (exact) mass is 574 g/mol. The molecule has 0 bridgehead atoms. The second-order valence-corrected chi connectivity index (χ2v) is 12.8. The number of halogens is 2. The molecule has 1 aromatic heterocycles. The lowest BCUT2D eigenvalue weighted by Crippen LogP contribution is -2.50. The summed E-state index contributed by atoms with van der Waals surface area (Å²) in [6, 6.07) is 8.64. The Labute approximate surface area is 232 Å². The molecule has 214 valence electrons. The Hall–Kier alpha value is -3.51. The van der Waals surface area contributed by atoms with E-state index < -0.39 is 32.5 Å². The first kappa shape index (κ1) is 28.0. The van der Waals surface area contributed by atoms with E-state index in [9.17, 15) is 22.0 Å². The van der Waals surface area contributed by atoms with Crippen molar-refractivity contribution in [2.45, 2.75) is 44.5 Å². The van der Waals surface area contributed by atoms with Crippen LogP contribution in [-0.4, -0.2) is 67.1 Å². The van der Waals surface area contributed by atoms with E-state index in [1.807, 2.05) is 23.1 Å². The molecule has 0 spiro atoms. The maximum atomic E-state index is 14.0. The number of anilines is 1. The first-order valence-corrected chi connectivity index (χ1v) is 14.7. The zero-order valence-electron chi connectivity index (χ0n) is 22.6. The molecule has 1 unspecified atom stereocenters. The molecule has 9 nitrogen and oxygen atoms in total. The molecule has 1 aliphatic carbocycles. The molecule has 12 heteroatoms. The number of aromatic nitrogens is 2. The van der Waals surface area contributed by atoms with Crippen LogP contribution in [0.15, 0.2) is 47.4 Å². The molecular weight excluding hydrogens is 542 g/mol. The predicted octanol–water partition coefficient (Wildman–Crippen LogP) is 3.32. The normalized spacial score (nSPS) is 18.1. The van der Waals surface area contributed by atoms with Crippen LogP contribution in [0.4, 0.5) is 14.5 Å². The number of hydrogen-bond acceptors (Lipinski definition) is 7. The van der Waals surface area contributed by atoms with Crippen LogP contribution in [0.5, 0.6) is 11.5 Å². The number of ether oxygens (including phenoxy) is 2. The van der Waals surface area contributed by atoms with E-state index in [1.165, 1.54) is 10.5 Å². The molecule has 40 heavy (non-hydrogen) atoms. The van der Waals surface area contributed by atoms with Crippen LogP contribution in [-0.2, 0) is 22.9 Å². The maximum Gasteiger partial charge on any atom is 0.316 e. The van der Waals surface area contributed by atoms with Crippen molar-refractivity contribution < 1.29 is 26.7 Å². The molecule has 1 aliphatic heterocycles. The van der Waals surface area contributed by atoms with Crippen LogP contribution >= 0.6 is 0 Å². The molecular formula is C28H32F2N4O5S. The Kier molecular flexibility index (Phi) is 7.83. The van der Waals surface area contributed by atoms with E-state index in [0.717, 1.165) is 46.2 Å². The van der Waals surface area contributed by atoms with Gasteiger partial charge in [0.25, 0.3) is 0 Å². The van der Waals surface area contributed by atoms with Gasteiger partial charge in [0.2, 0.25) is 15.8 Å². The smallest absolute Gasteiger partial charge is 0.316 e. The fourth-order valence-electron chi connectivity index (χ4n) is 5.27. The minimum atomic E-state index is -3.42. The van der Waals surface area contributed by atoms with Gasteiger partial charge in [0.1, 0.15) is 29.2 Å². The fraction of sp³-hybridized carbons (Fsp3) is 0.429. The lowest BCUT2D eigenvalue weighted by atomic mass is 9.89. The van der Waals surface area contributed by atoms with Crippen molar-refractivity contribution in [3.8, 4) is 17.2 Å². The van der Waals surface area contributed by atoms with Crippen LogP contribution in [0.2, 0.25) is 0 Å². The zero-order valence-corrected chi connectivity index (χ0v) is 23.5. The second kappa shape index (κ2) is 11.2. The minimum Gasteiger partial charge on any atom is -0.496 e. The lowest BCUT2D eigenvalue weighted by molar-refractivity contribution is 0.179. The van der Waals surface area contributed by atoms with Gasteiger partial charge in [-0.1, -0.05) is 12.1 Å². The van der Waals surface area contributed by atoms with Gasteiger partial charge in [0.05, 0.1) is 24.2 Å². The molecule has 5 rings (SSSR count). The highest BCUT2D eigenvalue weighted by molar-refractivity contribution is 7.89. The molecule has 2 aliphatic rings. The number of fused-ring (bicyclic) bond motifs is 1. The molecule has 2 aromatic carbocycles. The van der Waals surface area contributed by atoms with Crippen molar-refractivity contribution in [2.24, 2.45) is 0 Å². The van der Waals surface area contributed by atoms with Gasteiger partial charge in [0, 0.05) is 44.2 Å². The van der Waals surface area contributed by atoms with Gasteiger partial charge in [0.15, 0.2) is 0 Å². The molecule has 1 fully saturated rings. The van der Waals surface area contributed by atoms with Crippen molar-refractivity contribution in [1.29, 1.82) is 0 Å². The highest BCUT2D eigenvalue weighted by Crippen LogP contribution is 2.33. The number of hydrogen-bond donors (Lipinski definition) is 0. The Morgan fingerprint density at radius 3 is 2.40 bits per heavy atom. The van der Waals surface area contributed by atoms with Crippen LogP contribution in [0.1, 0.15) is 31.4 Å².